The Hall–Kier alpha value is -1.24. The molecule has 0 saturated heterocycles. The topological polar surface area (TPSA) is 94.8 Å². The van der Waals surface area contributed by atoms with Gasteiger partial charge in [-0.1, -0.05) is 34.1 Å². The maximum atomic E-state index is 11.3. The van der Waals surface area contributed by atoms with Crippen molar-refractivity contribution in [3.05, 3.63) is 34.9 Å². The molecule has 0 aliphatic heterocycles. The molecule has 1 aromatic rings. The summed E-state index contributed by atoms with van der Waals surface area (Å²) >= 11 is 3.04. The maximum Gasteiger partial charge on any atom is 0.337 e. The zero-order valence-corrected chi connectivity index (χ0v) is 11.1. The molecule has 1 rings (SSSR count). The molecule has 0 fully saturated rings. The van der Waals surface area contributed by atoms with Gasteiger partial charge >= 0.3 is 5.97 Å². The highest BCUT2D eigenvalue weighted by Crippen LogP contribution is 2.21. The van der Waals surface area contributed by atoms with Gasteiger partial charge in [0.25, 0.3) is 0 Å². The monoisotopic (exact) mass is 316 g/mol. The van der Waals surface area contributed by atoms with Gasteiger partial charge in [-0.05, 0) is 16.7 Å². The first-order valence-electron chi connectivity index (χ1n) is 5.20. The van der Waals surface area contributed by atoms with E-state index >= 15 is 0 Å². The number of carbonyl (C=O) groups excluding carboxylic acids is 1. The van der Waals surface area contributed by atoms with Crippen LogP contribution in [0.15, 0.2) is 18.2 Å². The minimum atomic E-state index is -1.70. The number of alkyl halides is 1. The lowest BCUT2D eigenvalue weighted by Gasteiger charge is -2.12. The summed E-state index contributed by atoms with van der Waals surface area (Å²) in [6, 6.07) is 4.58. The second-order valence-electron chi connectivity index (χ2n) is 3.78. The van der Waals surface area contributed by atoms with Crippen LogP contribution < -0.4 is 0 Å². The van der Waals surface area contributed by atoms with Crippen molar-refractivity contribution in [2.75, 3.05) is 5.33 Å². The van der Waals surface area contributed by atoms with Crippen LogP contribution in [-0.4, -0.2) is 32.4 Å². The second kappa shape index (κ2) is 6.63. The molecule has 0 amide bonds. The molecule has 0 bridgehead atoms. The zero-order chi connectivity index (χ0) is 13.7. The molecule has 3 N–H and O–H groups in total. The highest BCUT2D eigenvalue weighted by Gasteiger charge is 2.20. The lowest BCUT2D eigenvalue weighted by atomic mass is 9.97. The van der Waals surface area contributed by atoms with Gasteiger partial charge in [0.05, 0.1) is 11.9 Å². The van der Waals surface area contributed by atoms with Crippen molar-refractivity contribution in [2.45, 2.75) is 19.1 Å². The molecule has 0 aliphatic rings. The summed E-state index contributed by atoms with van der Waals surface area (Å²) in [7, 11) is 0. The fourth-order valence-corrected chi connectivity index (χ4v) is 1.76. The molecule has 0 aliphatic carbocycles. The number of aliphatic hydroxyl groups is 2. The van der Waals surface area contributed by atoms with E-state index in [-0.39, 0.29) is 29.7 Å². The number of benzene rings is 1. The van der Waals surface area contributed by atoms with Crippen LogP contribution in [0.25, 0.3) is 0 Å². The molecule has 0 heterocycles. The van der Waals surface area contributed by atoms with Gasteiger partial charge in [-0.15, -0.1) is 0 Å². The highest BCUT2D eigenvalue weighted by atomic mass is 79.9. The van der Waals surface area contributed by atoms with Crippen molar-refractivity contribution >= 4 is 27.7 Å². The fraction of sp³-hybridized carbons (Fsp3) is 0.333. The van der Waals surface area contributed by atoms with Crippen molar-refractivity contribution in [3.63, 3.8) is 0 Å². The molecular formula is C12H13BrO5. The van der Waals surface area contributed by atoms with Gasteiger partial charge in [0, 0.05) is 6.42 Å². The van der Waals surface area contributed by atoms with Crippen molar-refractivity contribution in [1.29, 1.82) is 0 Å². The van der Waals surface area contributed by atoms with Gasteiger partial charge in [-0.25, -0.2) is 4.79 Å². The number of halogens is 1. The molecule has 0 aromatic heterocycles. The fourth-order valence-electron chi connectivity index (χ4n) is 1.56. The summed E-state index contributed by atoms with van der Waals surface area (Å²) < 4.78 is 0. The third-order valence-electron chi connectivity index (χ3n) is 2.46. The van der Waals surface area contributed by atoms with Gasteiger partial charge in [-0.3, -0.25) is 4.79 Å². The third kappa shape index (κ3) is 3.63. The SMILES string of the molecule is O=C(CBr)Cc1ccc(CO)c(C(O)C(=O)O)c1. The number of Topliss-reactive ketones (excluding diaryl/α,β-unsaturated/α-hetero) is 1. The van der Waals surface area contributed by atoms with E-state index in [4.69, 9.17) is 10.2 Å². The summed E-state index contributed by atoms with van der Waals surface area (Å²) in [6.07, 6.45) is -1.55. The average Bonchev–Trinajstić information content (AvgIpc) is 2.37. The molecule has 5 nitrogen and oxygen atoms in total. The van der Waals surface area contributed by atoms with E-state index in [2.05, 4.69) is 15.9 Å². The van der Waals surface area contributed by atoms with Crippen LogP contribution in [0, 0.1) is 0 Å². The summed E-state index contributed by atoms with van der Waals surface area (Å²) in [5.74, 6) is -1.45. The largest absolute Gasteiger partial charge is 0.479 e. The first-order valence-corrected chi connectivity index (χ1v) is 6.32. The smallest absolute Gasteiger partial charge is 0.337 e. The molecule has 18 heavy (non-hydrogen) atoms. The Morgan fingerprint density at radius 2 is 2.00 bits per heavy atom. The van der Waals surface area contributed by atoms with Gasteiger partial charge < -0.3 is 15.3 Å². The zero-order valence-electron chi connectivity index (χ0n) is 9.47. The number of carboxylic acids is 1. The van der Waals surface area contributed by atoms with Crippen LogP contribution in [-0.2, 0) is 22.6 Å². The number of aliphatic carboxylic acids is 1. The van der Waals surface area contributed by atoms with E-state index in [0.29, 0.717) is 11.1 Å². The number of carboxylic acid groups (broad SMARTS) is 1. The van der Waals surface area contributed by atoms with Crippen molar-refractivity contribution < 1.29 is 24.9 Å². The number of hydrogen-bond donors (Lipinski definition) is 3. The Bertz CT molecular complexity index is 458. The molecule has 98 valence electrons. The molecule has 1 aromatic carbocycles. The van der Waals surface area contributed by atoms with Gasteiger partial charge in [0.2, 0.25) is 0 Å². The van der Waals surface area contributed by atoms with Crippen LogP contribution in [0.1, 0.15) is 22.8 Å². The Balaban J connectivity index is 3.09. The number of rotatable bonds is 6. The van der Waals surface area contributed by atoms with Crippen molar-refractivity contribution in [1.82, 2.24) is 0 Å². The Morgan fingerprint density at radius 1 is 1.33 bits per heavy atom. The van der Waals surface area contributed by atoms with Crippen LogP contribution >= 0.6 is 15.9 Å². The second-order valence-corrected chi connectivity index (χ2v) is 4.34. The summed E-state index contributed by atoms with van der Waals surface area (Å²) in [5, 5.41) is 27.6. The third-order valence-corrected chi connectivity index (χ3v) is 3.08. The van der Waals surface area contributed by atoms with Gasteiger partial charge in [-0.2, -0.15) is 0 Å². The molecular weight excluding hydrogens is 304 g/mol. The minimum Gasteiger partial charge on any atom is -0.479 e. The minimum absolute atomic E-state index is 0.0532. The summed E-state index contributed by atoms with van der Waals surface area (Å²) in [4.78, 5) is 22.0. The number of carbonyl (C=O) groups is 2. The Morgan fingerprint density at radius 3 is 2.50 bits per heavy atom. The first-order chi connectivity index (χ1) is 8.49. The standard InChI is InChI=1S/C12H13BrO5/c13-5-9(15)3-7-1-2-8(6-14)10(4-7)11(16)12(17)18/h1-2,4,11,14,16H,3,5-6H2,(H,17,18). The van der Waals surface area contributed by atoms with Crippen LogP contribution in [0.3, 0.4) is 0 Å². The molecule has 1 unspecified atom stereocenters. The molecule has 6 heteroatoms. The van der Waals surface area contributed by atoms with Crippen molar-refractivity contribution in [2.24, 2.45) is 0 Å². The number of hydrogen-bond acceptors (Lipinski definition) is 4. The van der Waals surface area contributed by atoms with Gasteiger partial charge in [0.1, 0.15) is 5.78 Å². The van der Waals surface area contributed by atoms with Gasteiger partial charge in [0.15, 0.2) is 6.10 Å². The molecule has 0 radical (unpaired) electrons. The van der Waals surface area contributed by atoms with E-state index in [0.717, 1.165) is 0 Å². The molecule has 0 spiro atoms. The van der Waals surface area contributed by atoms with E-state index in [1.54, 1.807) is 6.07 Å². The summed E-state index contributed by atoms with van der Waals surface area (Å²) in [6.45, 7) is -0.369. The summed E-state index contributed by atoms with van der Waals surface area (Å²) in [5.41, 5.74) is 1.05. The van der Waals surface area contributed by atoms with Crippen LogP contribution in [0.2, 0.25) is 0 Å². The number of aliphatic hydroxyl groups excluding tert-OH is 2. The lowest BCUT2D eigenvalue weighted by molar-refractivity contribution is -0.147. The van der Waals surface area contributed by atoms with E-state index in [9.17, 15) is 14.7 Å². The van der Waals surface area contributed by atoms with E-state index in [1.165, 1.54) is 12.1 Å². The average molecular weight is 317 g/mol. The predicted molar refractivity (Wildman–Crippen MR) is 67.5 cm³/mol. The first kappa shape index (κ1) is 14.8. The lowest BCUT2D eigenvalue weighted by Crippen LogP contribution is -2.14. The molecule has 0 saturated carbocycles. The van der Waals surface area contributed by atoms with Crippen LogP contribution in [0.5, 0.6) is 0 Å². The highest BCUT2D eigenvalue weighted by molar-refractivity contribution is 9.09. The number of ketones is 1. The van der Waals surface area contributed by atoms with Crippen LogP contribution in [0.4, 0.5) is 0 Å². The predicted octanol–water partition coefficient (Wildman–Crippen LogP) is 0.803. The normalized spacial score (nSPS) is 12.2. The Labute approximate surface area is 112 Å². The van der Waals surface area contributed by atoms with Crippen molar-refractivity contribution in [3.8, 4) is 0 Å². The Kier molecular flexibility index (Phi) is 5.46. The maximum absolute atomic E-state index is 11.3. The molecule has 1 atom stereocenters. The van der Waals surface area contributed by atoms with E-state index < -0.39 is 12.1 Å². The quantitative estimate of drug-likeness (QED) is 0.675. The van der Waals surface area contributed by atoms with E-state index in [1.807, 2.05) is 0 Å².